The molecule has 0 atom stereocenters. The van der Waals surface area contributed by atoms with Crippen molar-refractivity contribution in [2.45, 2.75) is 26.8 Å². The highest BCUT2D eigenvalue weighted by Gasteiger charge is 2.01. The van der Waals surface area contributed by atoms with Gasteiger partial charge in [-0.2, -0.15) is 0 Å². The minimum Gasteiger partial charge on any atom is -0.457 e. The molecule has 21 heavy (non-hydrogen) atoms. The summed E-state index contributed by atoms with van der Waals surface area (Å²) in [6, 6.07) is 16.0. The fourth-order valence-electron chi connectivity index (χ4n) is 1.78. The Morgan fingerprint density at radius 3 is 2.00 bits per heavy atom. The quantitative estimate of drug-likeness (QED) is 0.816. The largest absolute Gasteiger partial charge is 0.457 e. The molecule has 0 fully saturated rings. The third-order valence-corrected chi connectivity index (χ3v) is 3.01. The summed E-state index contributed by atoms with van der Waals surface area (Å²) in [5.41, 5.74) is 2.15. The van der Waals surface area contributed by atoms with Gasteiger partial charge in [-0.05, 0) is 69.4 Å². The van der Waals surface area contributed by atoms with Crippen LogP contribution in [0.5, 0.6) is 11.5 Å². The summed E-state index contributed by atoms with van der Waals surface area (Å²) in [4.78, 5) is 0. The summed E-state index contributed by atoms with van der Waals surface area (Å²) < 4.78 is 5.78. The van der Waals surface area contributed by atoms with E-state index in [1.54, 1.807) is 0 Å². The summed E-state index contributed by atoms with van der Waals surface area (Å²) >= 11 is 5.21. The van der Waals surface area contributed by atoms with E-state index in [1.807, 2.05) is 62.4 Å². The van der Waals surface area contributed by atoms with Crippen molar-refractivity contribution >= 4 is 23.0 Å². The molecule has 2 rings (SSSR count). The highest BCUT2D eigenvalue weighted by atomic mass is 32.1. The SMILES string of the molecule is Cc1ccc(Oc2ccc(NC(=S)NC(C)C)cc2)cc1. The second-order valence-corrected chi connectivity index (χ2v) is 5.60. The third kappa shape index (κ3) is 5.08. The summed E-state index contributed by atoms with van der Waals surface area (Å²) in [5, 5.41) is 6.90. The van der Waals surface area contributed by atoms with Crippen LogP contribution in [0, 0.1) is 6.92 Å². The van der Waals surface area contributed by atoms with Crippen molar-refractivity contribution in [3.63, 3.8) is 0 Å². The number of ether oxygens (including phenoxy) is 1. The van der Waals surface area contributed by atoms with E-state index in [9.17, 15) is 0 Å². The molecule has 110 valence electrons. The number of rotatable bonds is 4. The molecule has 0 spiro atoms. The number of thiocarbonyl (C=S) groups is 1. The molecule has 3 nitrogen and oxygen atoms in total. The lowest BCUT2D eigenvalue weighted by atomic mass is 10.2. The lowest BCUT2D eigenvalue weighted by Crippen LogP contribution is -2.33. The molecular weight excluding hydrogens is 280 g/mol. The maximum absolute atomic E-state index is 5.78. The summed E-state index contributed by atoms with van der Waals surface area (Å²) in [6.45, 7) is 6.15. The van der Waals surface area contributed by atoms with Crippen LogP contribution in [0.1, 0.15) is 19.4 Å². The van der Waals surface area contributed by atoms with Crippen LogP contribution in [0.15, 0.2) is 48.5 Å². The van der Waals surface area contributed by atoms with E-state index in [2.05, 4.69) is 17.6 Å². The molecule has 2 N–H and O–H groups in total. The first-order chi connectivity index (χ1) is 10.0. The van der Waals surface area contributed by atoms with Gasteiger partial charge >= 0.3 is 0 Å². The first-order valence-corrected chi connectivity index (χ1v) is 7.36. The molecule has 2 aromatic rings. The lowest BCUT2D eigenvalue weighted by molar-refractivity contribution is 0.482. The van der Waals surface area contributed by atoms with Crippen LogP contribution in [-0.4, -0.2) is 11.2 Å². The highest BCUT2D eigenvalue weighted by molar-refractivity contribution is 7.80. The molecular formula is C17H20N2OS. The average Bonchev–Trinajstić information content (AvgIpc) is 2.42. The van der Waals surface area contributed by atoms with Crippen molar-refractivity contribution in [3.05, 3.63) is 54.1 Å². The van der Waals surface area contributed by atoms with Crippen molar-refractivity contribution in [2.24, 2.45) is 0 Å². The van der Waals surface area contributed by atoms with Crippen LogP contribution in [0.3, 0.4) is 0 Å². The highest BCUT2D eigenvalue weighted by Crippen LogP contribution is 2.23. The van der Waals surface area contributed by atoms with Crippen molar-refractivity contribution in [3.8, 4) is 11.5 Å². The molecule has 0 saturated carbocycles. The number of anilines is 1. The summed E-state index contributed by atoms with van der Waals surface area (Å²) in [7, 11) is 0. The number of hydrogen-bond donors (Lipinski definition) is 2. The minimum atomic E-state index is 0.314. The van der Waals surface area contributed by atoms with Gasteiger partial charge in [-0.1, -0.05) is 17.7 Å². The van der Waals surface area contributed by atoms with Gasteiger partial charge in [0.15, 0.2) is 5.11 Å². The standard InChI is InChI=1S/C17H20N2OS/c1-12(2)18-17(21)19-14-6-10-16(11-7-14)20-15-8-4-13(3)5-9-15/h4-12H,1-3H3,(H2,18,19,21). The first kappa shape index (κ1) is 15.3. The van der Waals surface area contributed by atoms with Crippen LogP contribution in [-0.2, 0) is 0 Å². The molecule has 4 heteroatoms. The molecule has 0 bridgehead atoms. The Balaban J connectivity index is 1.95. The van der Waals surface area contributed by atoms with Crippen LogP contribution in [0.2, 0.25) is 0 Å². The van der Waals surface area contributed by atoms with E-state index in [0.29, 0.717) is 11.2 Å². The molecule has 0 aliphatic carbocycles. The summed E-state index contributed by atoms with van der Waals surface area (Å²) in [6.07, 6.45) is 0. The molecule has 0 amide bonds. The van der Waals surface area contributed by atoms with Gasteiger partial charge in [0.25, 0.3) is 0 Å². The lowest BCUT2D eigenvalue weighted by Gasteiger charge is -2.13. The molecule has 0 aromatic heterocycles. The molecule has 0 aliphatic rings. The van der Waals surface area contributed by atoms with Crippen molar-refractivity contribution in [1.82, 2.24) is 5.32 Å². The smallest absolute Gasteiger partial charge is 0.170 e. The molecule has 0 unspecified atom stereocenters. The molecule has 2 aromatic carbocycles. The Kier molecular flexibility index (Phi) is 5.17. The predicted octanol–water partition coefficient (Wildman–Crippen LogP) is 4.48. The van der Waals surface area contributed by atoms with Gasteiger partial charge in [0.1, 0.15) is 11.5 Å². The van der Waals surface area contributed by atoms with Crippen LogP contribution in [0.25, 0.3) is 0 Å². The zero-order valence-electron chi connectivity index (χ0n) is 12.5. The number of hydrogen-bond acceptors (Lipinski definition) is 2. The Bertz CT molecular complexity index is 591. The van der Waals surface area contributed by atoms with Gasteiger partial charge in [0.2, 0.25) is 0 Å². The van der Waals surface area contributed by atoms with Crippen molar-refractivity contribution < 1.29 is 4.74 Å². The van der Waals surface area contributed by atoms with Crippen LogP contribution >= 0.6 is 12.2 Å². The van der Waals surface area contributed by atoms with Gasteiger partial charge in [-0.3, -0.25) is 0 Å². The normalized spacial score (nSPS) is 10.3. The zero-order chi connectivity index (χ0) is 15.2. The molecule has 0 saturated heterocycles. The first-order valence-electron chi connectivity index (χ1n) is 6.95. The fraction of sp³-hybridized carbons (Fsp3) is 0.235. The number of benzene rings is 2. The van der Waals surface area contributed by atoms with E-state index in [1.165, 1.54) is 5.56 Å². The maximum Gasteiger partial charge on any atom is 0.170 e. The molecule has 0 radical (unpaired) electrons. The van der Waals surface area contributed by atoms with Gasteiger partial charge in [0.05, 0.1) is 0 Å². The van der Waals surface area contributed by atoms with E-state index in [4.69, 9.17) is 17.0 Å². The van der Waals surface area contributed by atoms with Gasteiger partial charge in [0, 0.05) is 11.7 Å². The summed E-state index contributed by atoms with van der Waals surface area (Å²) in [5.74, 6) is 1.63. The van der Waals surface area contributed by atoms with Gasteiger partial charge in [-0.15, -0.1) is 0 Å². The van der Waals surface area contributed by atoms with E-state index >= 15 is 0 Å². The molecule has 0 aliphatic heterocycles. The third-order valence-electron chi connectivity index (χ3n) is 2.79. The van der Waals surface area contributed by atoms with E-state index in [0.717, 1.165) is 17.2 Å². The van der Waals surface area contributed by atoms with Crippen LogP contribution < -0.4 is 15.4 Å². The Morgan fingerprint density at radius 2 is 1.48 bits per heavy atom. The number of aryl methyl sites for hydroxylation is 1. The maximum atomic E-state index is 5.78. The monoisotopic (exact) mass is 300 g/mol. The van der Waals surface area contributed by atoms with Gasteiger partial charge in [-0.25, -0.2) is 0 Å². The molecule has 0 heterocycles. The number of nitrogens with one attached hydrogen (secondary N) is 2. The van der Waals surface area contributed by atoms with Crippen molar-refractivity contribution in [2.75, 3.05) is 5.32 Å². The Hall–Kier alpha value is -2.07. The zero-order valence-corrected chi connectivity index (χ0v) is 13.3. The van der Waals surface area contributed by atoms with E-state index < -0.39 is 0 Å². The van der Waals surface area contributed by atoms with Crippen molar-refractivity contribution in [1.29, 1.82) is 0 Å². The second kappa shape index (κ2) is 7.09. The van der Waals surface area contributed by atoms with E-state index in [-0.39, 0.29) is 0 Å². The minimum absolute atomic E-state index is 0.314. The second-order valence-electron chi connectivity index (χ2n) is 5.19. The van der Waals surface area contributed by atoms with Crippen LogP contribution in [0.4, 0.5) is 5.69 Å². The topological polar surface area (TPSA) is 33.3 Å². The average molecular weight is 300 g/mol. The fourth-order valence-corrected chi connectivity index (χ4v) is 2.13. The Labute approximate surface area is 131 Å². The van der Waals surface area contributed by atoms with Gasteiger partial charge < -0.3 is 15.4 Å². The predicted molar refractivity (Wildman–Crippen MR) is 92.2 cm³/mol. The Morgan fingerprint density at radius 1 is 0.952 bits per heavy atom.